The number of pyridine rings is 1. The molecule has 2 unspecified atom stereocenters. The molecule has 1 aliphatic heterocycles. The van der Waals surface area contributed by atoms with Gasteiger partial charge in [0.25, 0.3) is 5.91 Å². The number of carbonyl (C=O) groups is 1. The summed E-state index contributed by atoms with van der Waals surface area (Å²) in [6.07, 6.45) is 0. The molecule has 23 heavy (non-hydrogen) atoms. The van der Waals surface area contributed by atoms with Crippen LogP contribution in [0.4, 0.5) is 0 Å². The Morgan fingerprint density at radius 2 is 2.17 bits per heavy atom. The zero-order valence-corrected chi connectivity index (χ0v) is 14.2. The van der Waals surface area contributed by atoms with Gasteiger partial charge in [0.2, 0.25) is 0 Å². The summed E-state index contributed by atoms with van der Waals surface area (Å²) in [5, 5.41) is 9.64. The number of amides is 1. The molecule has 2 rings (SSSR count). The Bertz CT molecular complexity index is 524. The van der Waals surface area contributed by atoms with E-state index in [1.54, 1.807) is 13.2 Å². The Kier molecular flexibility index (Phi) is 6.50. The number of likely N-dealkylation sites (N-methyl/N-ethyl adjacent to an activating group) is 1. The predicted molar refractivity (Wildman–Crippen MR) is 88.3 cm³/mol. The van der Waals surface area contributed by atoms with Crippen molar-refractivity contribution in [1.29, 1.82) is 0 Å². The van der Waals surface area contributed by atoms with Crippen molar-refractivity contribution in [2.45, 2.75) is 6.92 Å². The summed E-state index contributed by atoms with van der Waals surface area (Å²) < 4.78 is 5.09. The van der Waals surface area contributed by atoms with Crippen molar-refractivity contribution in [3.63, 3.8) is 0 Å². The second kappa shape index (κ2) is 8.38. The van der Waals surface area contributed by atoms with Crippen molar-refractivity contribution in [1.82, 2.24) is 14.8 Å². The number of nitrogens with zero attached hydrogens (tertiary/aromatic N) is 3. The van der Waals surface area contributed by atoms with E-state index < -0.39 is 0 Å². The fourth-order valence-electron chi connectivity index (χ4n) is 3.08. The van der Waals surface area contributed by atoms with Gasteiger partial charge in [-0.25, -0.2) is 4.98 Å². The number of hydrogen-bond donors (Lipinski definition) is 1. The number of aromatic nitrogens is 1. The molecular formula is C17H27N3O3. The van der Waals surface area contributed by atoms with Crippen LogP contribution in [0.15, 0.2) is 18.2 Å². The average molecular weight is 321 g/mol. The molecule has 1 aliphatic rings. The van der Waals surface area contributed by atoms with E-state index in [0.29, 0.717) is 25.4 Å². The first-order chi connectivity index (χ1) is 11.0. The molecular weight excluding hydrogens is 294 g/mol. The SMILES string of the molecule is COCCN(C)CC1CN(C(=O)c2cccc(C)n2)CC1CO. The molecule has 0 bridgehead atoms. The Morgan fingerprint density at radius 1 is 1.43 bits per heavy atom. The number of aliphatic hydroxyl groups excluding tert-OH is 1. The van der Waals surface area contributed by atoms with Gasteiger partial charge in [0.05, 0.1) is 6.61 Å². The van der Waals surface area contributed by atoms with Crippen LogP contribution in [0.25, 0.3) is 0 Å². The topological polar surface area (TPSA) is 65.9 Å². The smallest absolute Gasteiger partial charge is 0.272 e. The molecule has 2 heterocycles. The van der Waals surface area contributed by atoms with Gasteiger partial charge in [-0.3, -0.25) is 4.79 Å². The second-order valence-electron chi connectivity index (χ2n) is 6.33. The van der Waals surface area contributed by atoms with E-state index >= 15 is 0 Å². The molecule has 1 fully saturated rings. The fourth-order valence-corrected chi connectivity index (χ4v) is 3.08. The van der Waals surface area contributed by atoms with Gasteiger partial charge in [-0.05, 0) is 32.0 Å². The van der Waals surface area contributed by atoms with Crippen molar-refractivity contribution in [3.05, 3.63) is 29.6 Å². The van der Waals surface area contributed by atoms with Gasteiger partial charge in [0.1, 0.15) is 5.69 Å². The van der Waals surface area contributed by atoms with Crippen LogP contribution >= 0.6 is 0 Å². The monoisotopic (exact) mass is 321 g/mol. The van der Waals surface area contributed by atoms with Gasteiger partial charge in [0.15, 0.2) is 0 Å². The van der Waals surface area contributed by atoms with Crippen molar-refractivity contribution >= 4 is 5.91 Å². The number of methoxy groups -OCH3 is 1. The van der Waals surface area contributed by atoms with E-state index in [1.165, 1.54) is 0 Å². The first-order valence-corrected chi connectivity index (χ1v) is 8.06. The lowest BCUT2D eigenvalue weighted by Crippen LogP contribution is -2.34. The molecule has 1 aromatic rings. The van der Waals surface area contributed by atoms with Crippen LogP contribution in [0, 0.1) is 18.8 Å². The maximum atomic E-state index is 12.6. The minimum atomic E-state index is -0.0470. The summed E-state index contributed by atoms with van der Waals surface area (Å²) in [6.45, 7) is 5.62. The minimum absolute atomic E-state index is 0.0470. The quantitative estimate of drug-likeness (QED) is 0.799. The Balaban J connectivity index is 1.99. The third-order valence-electron chi connectivity index (χ3n) is 4.43. The highest BCUT2D eigenvalue weighted by Crippen LogP contribution is 2.25. The number of aryl methyl sites for hydroxylation is 1. The molecule has 6 heteroatoms. The van der Waals surface area contributed by atoms with Crippen molar-refractivity contribution in [2.24, 2.45) is 11.8 Å². The fraction of sp³-hybridized carbons (Fsp3) is 0.647. The number of likely N-dealkylation sites (tertiary alicyclic amines) is 1. The van der Waals surface area contributed by atoms with Gasteiger partial charge in [0, 0.05) is 51.5 Å². The Hall–Kier alpha value is -1.50. The standard InChI is InChI=1S/C17H27N3O3/c1-13-5-4-6-16(18-13)17(22)20-10-14(15(11-20)12-21)9-19(2)7-8-23-3/h4-6,14-15,21H,7-12H2,1-3H3. The van der Waals surface area contributed by atoms with E-state index in [2.05, 4.69) is 9.88 Å². The van der Waals surface area contributed by atoms with Gasteiger partial charge >= 0.3 is 0 Å². The van der Waals surface area contributed by atoms with Gasteiger partial charge < -0.3 is 19.6 Å². The Morgan fingerprint density at radius 3 is 2.83 bits per heavy atom. The lowest BCUT2D eigenvalue weighted by atomic mass is 9.96. The number of carbonyl (C=O) groups excluding carboxylic acids is 1. The van der Waals surface area contributed by atoms with E-state index in [1.807, 2.05) is 31.0 Å². The van der Waals surface area contributed by atoms with Crippen LogP contribution in [0.1, 0.15) is 16.2 Å². The summed E-state index contributed by atoms with van der Waals surface area (Å²) in [7, 11) is 3.73. The third-order valence-corrected chi connectivity index (χ3v) is 4.43. The molecule has 128 valence electrons. The zero-order chi connectivity index (χ0) is 16.8. The maximum Gasteiger partial charge on any atom is 0.272 e. The molecule has 1 N–H and O–H groups in total. The molecule has 2 atom stereocenters. The van der Waals surface area contributed by atoms with Crippen LogP contribution in [0.3, 0.4) is 0 Å². The minimum Gasteiger partial charge on any atom is -0.396 e. The lowest BCUT2D eigenvalue weighted by Gasteiger charge is -2.23. The summed E-state index contributed by atoms with van der Waals surface area (Å²) in [6, 6.07) is 5.48. The van der Waals surface area contributed by atoms with Gasteiger partial charge in [-0.2, -0.15) is 0 Å². The maximum absolute atomic E-state index is 12.6. The zero-order valence-electron chi connectivity index (χ0n) is 14.2. The normalized spacial score (nSPS) is 21.2. The number of hydrogen-bond acceptors (Lipinski definition) is 5. The van der Waals surface area contributed by atoms with E-state index in [9.17, 15) is 9.90 Å². The molecule has 1 saturated heterocycles. The number of aliphatic hydroxyl groups is 1. The first kappa shape index (κ1) is 17.8. The summed E-state index contributed by atoms with van der Waals surface area (Å²) in [5.74, 6) is 0.346. The van der Waals surface area contributed by atoms with Crippen molar-refractivity contribution in [2.75, 3.05) is 53.6 Å². The van der Waals surface area contributed by atoms with Crippen LogP contribution in [-0.2, 0) is 4.74 Å². The van der Waals surface area contributed by atoms with Crippen LogP contribution in [0.5, 0.6) is 0 Å². The molecule has 0 aliphatic carbocycles. The lowest BCUT2D eigenvalue weighted by molar-refractivity contribution is 0.0772. The molecule has 0 saturated carbocycles. The van der Waals surface area contributed by atoms with Crippen molar-refractivity contribution < 1.29 is 14.6 Å². The molecule has 0 radical (unpaired) electrons. The van der Waals surface area contributed by atoms with E-state index in [4.69, 9.17) is 4.74 Å². The van der Waals surface area contributed by atoms with Crippen LogP contribution in [-0.4, -0.2) is 79.3 Å². The summed E-state index contributed by atoms with van der Waals surface area (Å²) in [4.78, 5) is 20.9. The second-order valence-corrected chi connectivity index (χ2v) is 6.33. The van der Waals surface area contributed by atoms with Crippen LogP contribution < -0.4 is 0 Å². The highest BCUT2D eigenvalue weighted by molar-refractivity contribution is 5.92. The largest absolute Gasteiger partial charge is 0.396 e. The summed E-state index contributed by atoms with van der Waals surface area (Å²) in [5.41, 5.74) is 1.32. The highest BCUT2D eigenvalue weighted by Gasteiger charge is 2.35. The molecule has 1 aromatic heterocycles. The first-order valence-electron chi connectivity index (χ1n) is 8.06. The van der Waals surface area contributed by atoms with Crippen LogP contribution in [0.2, 0.25) is 0 Å². The molecule has 1 amide bonds. The molecule has 0 aromatic carbocycles. The van der Waals surface area contributed by atoms with E-state index in [-0.39, 0.29) is 24.3 Å². The van der Waals surface area contributed by atoms with E-state index in [0.717, 1.165) is 18.8 Å². The highest BCUT2D eigenvalue weighted by atomic mass is 16.5. The average Bonchev–Trinajstić information content (AvgIpc) is 2.95. The Labute approximate surface area is 138 Å². The van der Waals surface area contributed by atoms with Crippen molar-refractivity contribution in [3.8, 4) is 0 Å². The predicted octanol–water partition coefficient (Wildman–Crippen LogP) is 0.649. The van der Waals surface area contributed by atoms with Gasteiger partial charge in [-0.1, -0.05) is 6.07 Å². The number of rotatable bonds is 7. The summed E-state index contributed by atoms with van der Waals surface area (Å²) >= 11 is 0. The van der Waals surface area contributed by atoms with Gasteiger partial charge in [-0.15, -0.1) is 0 Å². The molecule has 0 spiro atoms. The molecule has 6 nitrogen and oxygen atoms in total. The number of ether oxygens (including phenoxy) is 1. The third kappa shape index (κ3) is 4.73.